The van der Waals surface area contributed by atoms with Crippen LogP contribution >= 0.6 is 0 Å². The van der Waals surface area contributed by atoms with Gasteiger partial charge in [0.15, 0.2) is 6.10 Å². The third-order valence-electron chi connectivity index (χ3n) is 5.84. The molecule has 0 radical (unpaired) electrons. The van der Waals surface area contributed by atoms with Gasteiger partial charge in [0.1, 0.15) is 5.75 Å². The van der Waals surface area contributed by atoms with Gasteiger partial charge in [-0.05, 0) is 66.9 Å². The van der Waals surface area contributed by atoms with Crippen LogP contribution in [-0.2, 0) is 31.7 Å². The third kappa shape index (κ3) is 5.33. The number of amides is 1. The summed E-state index contributed by atoms with van der Waals surface area (Å²) in [6.07, 6.45) is -6.18. The van der Waals surface area contributed by atoms with Crippen molar-refractivity contribution >= 4 is 21.7 Å². The van der Waals surface area contributed by atoms with Crippen LogP contribution in [0.3, 0.4) is 0 Å². The van der Waals surface area contributed by atoms with Gasteiger partial charge >= 0.3 is 6.18 Å². The van der Waals surface area contributed by atoms with Crippen LogP contribution in [-0.4, -0.2) is 27.5 Å². The molecular weight excluding hydrogens is 483 g/mol. The number of methoxy groups -OCH3 is 1. The maximum atomic E-state index is 13.3. The minimum Gasteiger partial charge on any atom is -0.497 e. The molecule has 1 aliphatic heterocycles. The predicted octanol–water partition coefficient (Wildman–Crippen LogP) is 5.07. The number of carbonyl (C=O) groups excluding carboxylic acids is 1. The Labute approximate surface area is 200 Å². The number of halogens is 3. The summed E-state index contributed by atoms with van der Waals surface area (Å²) in [4.78, 5) is 13.0. The molecule has 0 bridgehead atoms. The first-order chi connectivity index (χ1) is 16.5. The van der Waals surface area contributed by atoms with Gasteiger partial charge < -0.3 is 10.1 Å². The summed E-state index contributed by atoms with van der Waals surface area (Å²) in [5, 5.41) is 2.54. The van der Waals surface area contributed by atoms with Gasteiger partial charge in [-0.3, -0.25) is 8.98 Å². The van der Waals surface area contributed by atoms with Crippen LogP contribution < -0.4 is 10.1 Å². The first-order valence-corrected chi connectivity index (χ1v) is 12.0. The minimum atomic E-state index is -4.58. The summed E-state index contributed by atoms with van der Waals surface area (Å²) in [6, 6.07) is 15.4. The number of anilines is 1. The number of fused-ring (bicyclic) bond motifs is 1. The van der Waals surface area contributed by atoms with E-state index < -0.39 is 39.8 Å². The molecule has 0 saturated carbocycles. The smallest absolute Gasteiger partial charge is 0.416 e. The van der Waals surface area contributed by atoms with E-state index in [1.807, 2.05) is 0 Å². The van der Waals surface area contributed by atoms with Crippen LogP contribution in [0.15, 0.2) is 71.6 Å². The SMILES string of the molecule is COc1ccc(C2Cc3cc(C(F)(F)F)ccc3NC(=O)C2OS(=O)(=O)c2ccc(C)cc2)cc1. The second kappa shape index (κ2) is 9.35. The summed E-state index contributed by atoms with van der Waals surface area (Å²) in [5.41, 5.74) is 0.859. The Bertz CT molecular complexity index is 1340. The lowest BCUT2D eigenvalue weighted by Crippen LogP contribution is -2.36. The van der Waals surface area contributed by atoms with E-state index >= 15 is 0 Å². The number of hydrogen-bond acceptors (Lipinski definition) is 5. The van der Waals surface area contributed by atoms with Crippen LogP contribution in [0.1, 0.15) is 28.2 Å². The van der Waals surface area contributed by atoms with Gasteiger partial charge in [0, 0.05) is 11.6 Å². The standard InChI is InChI=1S/C25H22F3NO5S/c1-15-3-10-20(11-4-15)35(31,32)34-23-21(16-5-8-19(33-2)9-6-16)14-17-13-18(25(26,27)28)7-12-22(17)29-24(23)30/h3-13,21,23H,14H2,1-2H3,(H,29,30). The van der Waals surface area contributed by atoms with Crippen molar-refractivity contribution in [3.63, 3.8) is 0 Å². The number of rotatable bonds is 5. The van der Waals surface area contributed by atoms with Crippen molar-refractivity contribution in [3.05, 3.63) is 89.0 Å². The Morgan fingerprint density at radius 2 is 1.63 bits per heavy atom. The molecule has 3 aromatic rings. The number of alkyl halides is 3. The average molecular weight is 506 g/mol. The molecule has 1 amide bonds. The monoisotopic (exact) mass is 505 g/mol. The minimum absolute atomic E-state index is 0.0710. The average Bonchev–Trinajstić information content (AvgIpc) is 2.94. The van der Waals surface area contributed by atoms with Gasteiger partial charge in [0.25, 0.3) is 16.0 Å². The van der Waals surface area contributed by atoms with Crippen LogP contribution in [0.5, 0.6) is 5.75 Å². The fourth-order valence-electron chi connectivity index (χ4n) is 3.94. The van der Waals surface area contributed by atoms with Crippen LogP contribution in [0, 0.1) is 6.92 Å². The van der Waals surface area contributed by atoms with E-state index in [0.717, 1.165) is 23.8 Å². The van der Waals surface area contributed by atoms with Crippen molar-refractivity contribution in [1.29, 1.82) is 0 Å². The summed E-state index contributed by atoms with van der Waals surface area (Å²) < 4.78 is 76.7. The zero-order valence-corrected chi connectivity index (χ0v) is 19.6. The van der Waals surface area contributed by atoms with Crippen LogP contribution in [0.4, 0.5) is 18.9 Å². The molecule has 0 spiro atoms. The molecule has 1 aliphatic rings. The largest absolute Gasteiger partial charge is 0.497 e. The lowest BCUT2D eigenvalue weighted by molar-refractivity contribution is -0.137. The molecular formula is C25H22F3NO5S. The van der Waals surface area contributed by atoms with E-state index in [-0.39, 0.29) is 22.6 Å². The molecule has 0 saturated heterocycles. The fraction of sp³-hybridized carbons (Fsp3) is 0.240. The van der Waals surface area contributed by atoms with Crippen molar-refractivity contribution in [1.82, 2.24) is 0 Å². The number of hydrogen-bond donors (Lipinski definition) is 1. The molecule has 0 aromatic heterocycles. The van der Waals surface area contributed by atoms with E-state index in [1.165, 1.54) is 19.2 Å². The summed E-state index contributed by atoms with van der Waals surface area (Å²) in [5.74, 6) is -1.15. The zero-order valence-electron chi connectivity index (χ0n) is 18.8. The molecule has 184 valence electrons. The van der Waals surface area contributed by atoms with Gasteiger partial charge in [0.05, 0.1) is 17.6 Å². The Balaban J connectivity index is 1.78. The number of benzene rings is 3. The first-order valence-electron chi connectivity index (χ1n) is 10.6. The summed E-state index contributed by atoms with van der Waals surface area (Å²) >= 11 is 0. The van der Waals surface area contributed by atoms with E-state index in [0.29, 0.717) is 11.3 Å². The Morgan fingerprint density at radius 1 is 0.971 bits per heavy atom. The number of nitrogens with one attached hydrogen (secondary N) is 1. The molecule has 0 aliphatic carbocycles. The molecule has 10 heteroatoms. The molecule has 1 N–H and O–H groups in total. The number of aryl methyl sites for hydroxylation is 1. The van der Waals surface area contributed by atoms with Crippen LogP contribution in [0.25, 0.3) is 0 Å². The highest BCUT2D eigenvalue weighted by Crippen LogP contribution is 2.38. The second-order valence-corrected chi connectivity index (χ2v) is 9.80. The molecule has 0 fully saturated rings. The molecule has 6 nitrogen and oxygen atoms in total. The van der Waals surface area contributed by atoms with Gasteiger partial charge in [-0.1, -0.05) is 29.8 Å². The van der Waals surface area contributed by atoms with E-state index in [9.17, 15) is 26.4 Å². The topological polar surface area (TPSA) is 81.7 Å². The molecule has 35 heavy (non-hydrogen) atoms. The van der Waals surface area contributed by atoms with E-state index in [4.69, 9.17) is 8.92 Å². The maximum Gasteiger partial charge on any atom is 0.416 e. The third-order valence-corrected chi connectivity index (χ3v) is 7.15. The van der Waals surface area contributed by atoms with Crippen molar-refractivity contribution in [3.8, 4) is 5.75 Å². The lowest BCUT2D eigenvalue weighted by Gasteiger charge is -2.24. The molecule has 1 heterocycles. The Kier molecular flexibility index (Phi) is 6.61. The molecule has 4 rings (SSSR count). The second-order valence-electron chi connectivity index (χ2n) is 8.23. The van der Waals surface area contributed by atoms with Gasteiger partial charge in [-0.2, -0.15) is 21.6 Å². The Hall–Kier alpha value is -3.37. The molecule has 3 aromatic carbocycles. The van der Waals surface area contributed by atoms with Gasteiger partial charge in [-0.25, -0.2) is 0 Å². The highest BCUT2D eigenvalue weighted by Gasteiger charge is 2.39. The van der Waals surface area contributed by atoms with Gasteiger partial charge in [0.2, 0.25) is 0 Å². The number of carbonyl (C=O) groups is 1. The fourth-order valence-corrected chi connectivity index (χ4v) is 5.02. The van der Waals surface area contributed by atoms with Crippen molar-refractivity contribution < 1.29 is 35.3 Å². The zero-order chi connectivity index (χ0) is 25.4. The molecule has 2 atom stereocenters. The maximum absolute atomic E-state index is 13.3. The van der Waals surface area contributed by atoms with Crippen LogP contribution in [0.2, 0.25) is 0 Å². The normalized spacial score (nSPS) is 18.4. The summed E-state index contributed by atoms with van der Waals surface area (Å²) in [7, 11) is -2.89. The molecule has 2 unspecified atom stereocenters. The van der Waals surface area contributed by atoms with Crippen molar-refractivity contribution in [2.75, 3.05) is 12.4 Å². The van der Waals surface area contributed by atoms with E-state index in [1.54, 1.807) is 43.3 Å². The van der Waals surface area contributed by atoms with Gasteiger partial charge in [-0.15, -0.1) is 0 Å². The Morgan fingerprint density at radius 3 is 2.23 bits per heavy atom. The lowest BCUT2D eigenvalue weighted by atomic mass is 9.87. The first kappa shape index (κ1) is 24.7. The summed E-state index contributed by atoms with van der Waals surface area (Å²) in [6.45, 7) is 1.79. The van der Waals surface area contributed by atoms with E-state index in [2.05, 4.69) is 5.32 Å². The number of ether oxygens (including phenoxy) is 1. The highest BCUT2D eigenvalue weighted by molar-refractivity contribution is 7.86. The van der Waals surface area contributed by atoms with Crippen molar-refractivity contribution in [2.24, 2.45) is 0 Å². The quantitative estimate of drug-likeness (QED) is 0.490. The highest BCUT2D eigenvalue weighted by atomic mass is 32.2. The van der Waals surface area contributed by atoms with Crippen molar-refractivity contribution in [2.45, 2.75) is 36.4 Å². The predicted molar refractivity (Wildman–Crippen MR) is 123 cm³/mol.